The average molecular weight is 450 g/mol. The van der Waals surface area contributed by atoms with Gasteiger partial charge in [-0.2, -0.15) is 0 Å². The highest BCUT2D eigenvalue weighted by atomic mass is 35.5. The van der Waals surface area contributed by atoms with E-state index in [9.17, 15) is 14.4 Å². The van der Waals surface area contributed by atoms with E-state index >= 15 is 0 Å². The largest absolute Gasteiger partial charge is 1.00 e. The number of carbonyl (C=O) groups is 3. The molecule has 0 radical (unpaired) electrons. The molecule has 0 unspecified atom stereocenters. The van der Waals surface area contributed by atoms with Crippen LogP contribution in [0, 0.1) is 0 Å². The molecule has 0 aromatic carbocycles. The summed E-state index contributed by atoms with van der Waals surface area (Å²) in [6.07, 6.45) is 1.14. The maximum atomic E-state index is 11.2. The zero-order chi connectivity index (χ0) is 23.5. The molecule has 8 heteroatoms. The van der Waals surface area contributed by atoms with Gasteiger partial charge >= 0.3 is 17.9 Å². The molecule has 0 rings (SSSR count). The summed E-state index contributed by atoms with van der Waals surface area (Å²) < 4.78 is 14.8. The van der Waals surface area contributed by atoms with E-state index in [-0.39, 0.29) is 30.3 Å². The van der Waals surface area contributed by atoms with Crippen molar-refractivity contribution in [1.29, 1.82) is 0 Å². The summed E-state index contributed by atoms with van der Waals surface area (Å²) in [7, 11) is 1.33. The van der Waals surface area contributed by atoms with E-state index in [2.05, 4.69) is 50.0 Å². The zero-order valence-corrected chi connectivity index (χ0v) is 20.5. The van der Waals surface area contributed by atoms with Crippen LogP contribution < -0.4 is 12.4 Å². The Hall–Kier alpha value is -2.12. The van der Waals surface area contributed by atoms with Gasteiger partial charge in [-0.05, 0) is 41.5 Å². The van der Waals surface area contributed by atoms with Crippen molar-refractivity contribution >= 4 is 17.9 Å². The minimum Gasteiger partial charge on any atom is -1.00 e. The SMILES string of the molecule is C=C(C)C(=O)OC.C=C(C)C(=O)OCC[N+](CC)(CC)CC.C=CC(=O)OCC.[Cl-]. The number of ether oxygens (including phenoxy) is 3. The molecule has 0 aliphatic carbocycles. The monoisotopic (exact) mass is 449 g/mol. The number of hydrogen-bond acceptors (Lipinski definition) is 6. The lowest BCUT2D eigenvalue weighted by Crippen LogP contribution is -3.00. The van der Waals surface area contributed by atoms with Crippen LogP contribution in [-0.2, 0) is 28.6 Å². The van der Waals surface area contributed by atoms with Gasteiger partial charge in [-0.1, -0.05) is 19.7 Å². The molecule has 0 aromatic rings. The molecule has 0 saturated carbocycles. The van der Waals surface area contributed by atoms with Crippen LogP contribution >= 0.6 is 0 Å². The summed E-state index contributed by atoms with van der Waals surface area (Å²) in [5.74, 6) is -0.987. The predicted molar refractivity (Wildman–Crippen MR) is 116 cm³/mol. The number of esters is 3. The van der Waals surface area contributed by atoms with Crippen LogP contribution in [0.5, 0.6) is 0 Å². The first-order chi connectivity index (χ1) is 13.5. The Morgan fingerprint density at radius 3 is 1.50 bits per heavy atom. The third-order valence-electron chi connectivity index (χ3n) is 4.15. The number of rotatable bonds is 10. The number of carbonyl (C=O) groups excluding carboxylic acids is 3. The van der Waals surface area contributed by atoms with E-state index in [1.807, 2.05) is 0 Å². The van der Waals surface area contributed by atoms with Gasteiger partial charge in [0.1, 0.15) is 13.2 Å². The van der Waals surface area contributed by atoms with Gasteiger partial charge in [0.2, 0.25) is 0 Å². The molecule has 0 aliphatic rings. The second-order valence-electron chi connectivity index (χ2n) is 6.16. The van der Waals surface area contributed by atoms with Crippen LogP contribution in [0.1, 0.15) is 41.5 Å². The molecule has 0 atom stereocenters. The fraction of sp³-hybridized carbons (Fsp3) is 0.591. The fourth-order valence-electron chi connectivity index (χ4n) is 1.98. The van der Waals surface area contributed by atoms with Crippen LogP contribution in [0.25, 0.3) is 0 Å². The van der Waals surface area contributed by atoms with Crippen molar-refractivity contribution in [3.05, 3.63) is 37.0 Å². The molecule has 0 aliphatic heterocycles. The summed E-state index contributed by atoms with van der Waals surface area (Å²) in [5.41, 5.74) is 0.903. The van der Waals surface area contributed by atoms with Crippen LogP contribution in [-0.4, -0.2) is 68.9 Å². The summed E-state index contributed by atoms with van der Waals surface area (Å²) in [6.45, 7) is 26.7. The van der Waals surface area contributed by atoms with Crippen molar-refractivity contribution in [1.82, 2.24) is 0 Å². The first-order valence-electron chi connectivity index (χ1n) is 9.71. The predicted octanol–water partition coefficient (Wildman–Crippen LogP) is 0.457. The van der Waals surface area contributed by atoms with Gasteiger partial charge in [-0.25, -0.2) is 14.4 Å². The maximum absolute atomic E-state index is 11.2. The molecule has 0 bridgehead atoms. The Morgan fingerprint density at radius 1 is 0.867 bits per heavy atom. The van der Waals surface area contributed by atoms with Gasteiger partial charge in [0.15, 0.2) is 0 Å². The van der Waals surface area contributed by atoms with Gasteiger partial charge in [0.05, 0.1) is 33.4 Å². The highest BCUT2D eigenvalue weighted by Crippen LogP contribution is 2.05. The lowest BCUT2D eigenvalue weighted by Gasteiger charge is -2.35. The minimum atomic E-state index is -0.359. The van der Waals surface area contributed by atoms with Crippen molar-refractivity contribution in [2.75, 3.05) is 46.5 Å². The Morgan fingerprint density at radius 2 is 1.30 bits per heavy atom. The topological polar surface area (TPSA) is 78.9 Å². The number of nitrogens with zero attached hydrogens (tertiary/aromatic N) is 1. The number of hydrogen-bond donors (Lipinski definition) is 0. The molecule has 7 nitrogen and oxygen atoms in total. The number of quaternary nitrogens is 1. The Bertz CT molecular complexity index is 531. The van der Waals surface area contributed by atoms with Crippen molar-refractivity contribution in [3.63, 3.8) is 0 Å². The molecule has 176 valence electrons. The van der Waals surface area contributed by atoms with Gasteiger partial charge in [0, 0.05) is 17.2 Å². The van der Waals surface area contributed by atoms with Gasteiger partial charge in [-0.3, -0.25) is 0 Å². The van der Waals surface area contributed by atoms with Crippen molar-refractivity contribution in [2.45, 2.75) is 41.5 Å². The molecule has 0 aromatic heterocycles. The number of methoxy groups -OCH3 is 1. The first kappa shape index (κ1) is 35.3. The lowest BCUT2D eigenvalue weighted by molar-refractivity contribution is -0.923. The number of likely N-dealkylation sites (N-methyl/N-ethyl adjacent to an activating group) is 1. The molecule has 0 N–H and O–H groups in total. The second kappa shape index (κ2) is 21.6. The Labute approximate surface area is 188 Å². The molecular weight excluding hydrogens is 410 g/mol. The molecule has 30 heavy (non-hydrogen) atoms. The molecular formula is C22H40ClNO6. The van der Waals surface area contributed by atoms with Crippen LogP contribution in [0.2, 0.25) is 0 Å². The van der Waals surface area contributed by atoms with E-state index in [1.165, 1.54) is 7.11 Å². The lowest BCUT2D eigenvalue weighted by atomic mass is 10.3. The van der Waals surface area contributed by atoms with Crippen molar-refractivity contribution in [2.24, 2.45) is 0 Å². The van der Waals surface area contributed by atoms with Gasteiger partial charge in [-0.15, -0.1) is 0 Å². The summed E-state index contributed by atoms with van der Waals surface area (Å²) in [6, 6.07) is 0. The molecule has 0 fully saturated rings. The van der Waals surface area contributed by atoms with Gasteiger partial charge in [0.25, 0.3) is 0 Å². The fourth-order valence-corrected chi connectivity index (χ4v) is 1.98. The van der Waals surface area contributed by atoms with Crippen LogP contribution in [0.15, 0.2) is 37.0 Å². The Balaban J connectivity index is -0.000000189. The highest BCUT2D eigenvalue weighted by Gasteiger charge is 2.20. The highest BCUT2D eigenvalue weighted by molar-refractivity contribution is 5.87. The van der Waals surface area contributed by atoms with Crippen molar-refractivity contribution < 1.29 is 45.5 Å². The van der Waals surface area contributed by atoms with Crippen molar-refractivity contribution in [3.8, 4) is 0 Å². The van der Waals surface area contributed by atoms with Crippen LogP contribution in [0.4, 0.5) is 0 Å². The van der Waals surface area contributed by atoms with Gasteiger partial charge < -0.3 is 31.1 Å². The number of halogens is 1. The second-order valence-corrected chi connectivity index (χ2v) is 6.16. The standard InChI is InChI=1S/C12H24NO2.2C5H8O2.ClH/c1-6-13(7-2,8-3)9-10-15-12(14)11(4)5;1-4(2)5(6)7-3;1-3-5(6)7-4-2;/h4,6-10H2,1-3,5H3;1H2,2-3H3;3H,1,4H2,2H3;1H/q+1;;;/p-1. The Kier molecular flexibility index (Phi) is 25.4. The third-order valence-corrected chi connectivity index (χ3v) is 4.15. The smallest absolute Gasteiger partial charge is 0.333 e. The molecule has 0 saturated heterocycles. The van der Waals surface area contributed by atoms with Crippen LogP contribution in [0.3, 0.4) is 0 Å². The first-order valence-corrected chi connectivity index (χ1v) is 9.71. The van der Waals surface area contributed by atoms with E-state index in [0.717, 1.165) is 36.7 Å². The minimum absolute atomic E-state index is 0. The van der Waals surface area contributed by atoms with E-state index in [4.69, 9.17) is 4.74 Å². The average Bonchev–Trinajstić information content (AvgIpc) is 2.71. The molecule has 0 heterocycles. The van der Waals surface area contributed by atoms with E-state index < -0.39 is 0 Å². The zero-order valence-electron chi connectivity index (χ0n) is 19.7. The third kappa shape index (κ3) is 19.2. The van der Waals surface area contributed by atoms with E-state index in [1.54, 1.807) is 20.8 Å². The molecule has 0 amide bonds. The summed E-state index contributed by atoms with van der Waals surface area (Å²) >= 11 is 0. The maximum Gasteiger partial charge on any atom is 0.333 e. The normalized spacial score (nSPS) is 9.17. The quantitative estimate of drug-likeness (QED) is 0.209. The van der Waals surface area contributed by atoms with E-state index in [0.29, 0.717) is 24.4 Å². The molecule has 0 spiro atoms. The summed E-state index contributed by atoms with van der Waals surface area (Å²) in [4.78, 5) is 31.4. The summed E-state index contributed by atoms with van der Waals surface area (Å²) in [5, 5.41) is 0.